The van der Waals surface area contributed by atoms with E-state index in [0.717, 1.165) is 0 Å². The van der Waals surface area contributed by atoms with Crippen molar-refractivity contribution in [3.63, 3.8) is 0 Å². The monoisotopic (exact) mass is 263 g/mol. The largest absolute Gasteiger partial charge is 0.485 e. The van der Waals surface area contributed by atoms with Crippen molar-refractivity contribution >= 4 is 0 Å². The van der Waals surface area contributed by atoms with Crippen LogP contribution >= 0.6 is 0 Å². The fourth-order valence-electron chi connectivity index (χ4n) is 1.64. The van der Waals surface area contributed by atoms with Crippen LogP contribution < -0.4 is 10.1 Å². The van der Waals surface area contributed by atoms with E-state index in [0.29, 0.717) is 5.56 Å². The lowest BCUT2D eigenvalue weighted by Gasteiger charge is -2.20. The molecule has 0 amide bonds. The van der Waals surface area contributed by atoms with Crippen LogP contribution in [0.25, 0.3) is 0 Å². The van der Waals surface area contributed by atoms with Gasteiger partial charge in [0, 0.05) is 10.5 Å². The van der Waals surface area contributed by atoms with E-state index in [1.807, 2.05) is 0 Å². The summed E-state index contributed by atoms with van der Waals surface area (Å²) < 4.78 is 67.9. The summed E-state index contributed by atoms with van der Waals surface area (Å²) in [5.74, 6) is -0.117. The molecule has 2 aromatic rings. The van der Waals surface area contributed by atoms with Gasteiger partial charge in [-0.1, -0.05) is 48.5 Å². The molecule has 100 valence electrons. The molecule has 2 nitrogen and oxygen atoms in total. The van der Waals surface area contributed by atoms with Gasteiger partial charge < -0.3 is 10.1 Å². The average molecular weight is 263 g/mol. The average Bonchev–Trinajstić information content (AvgIpc) is 2.62. The lowest BCUT2D eigenvalue weighted by atomic mass is 10.1. The van der Waals surface area contributed by atoms with Crippen LogP contribution in [-0.4, -0.2) is 13.5 Å². The third kappa shape index (κ3) is 3.83. The predicted octanol–water partition coefficient (Wildman–Crippen LogP) is 3.72. The van der Waals surface area contributed by atoms with Crippen LogP contribution in [0, 0.1) is 6.92 Å². The van der Waals surface area contributed by atoms with Crippen molar-refractivity contribution in [2.24, 2.45) is 0 Å². The van der Waals surface area contributed by atoms with Crippen molar-refractivity contribution in [2.75, 3.05) is 13.5 Å². The summed E-state index contributed by atoms with van der Waals surface area (Å²) in [6.45, 7) is -0.901. The normalized spacial score (nSPS) is 20.5. The quantitative estimate of drug-likeness (QED) is 0.857. The van der Waals surface area contributed by atoms with Crippen molar-refractivity contribution in [1.29, 1.82) is 0 Å². The van der Waals surface area contributed by atoms with Crippen LogP contribution in [0.2, 0.25) is 0 Å². The molecule has 0 heterocycles. The number of nitrogens with one attached hydrogen (secondary N) is 1. The fourth-order valence-corrected chi connectivity index (χ4v) is 1.64. The highest BCUT2D eigenvalue weighted by Gasteiger charge is 2.13. The highest BCUT2D eigenvalue weighted by molar-refractivity contribution is 5.33. The SMILES string of the molecule is [2H]c1c([2H])c([2H])c(OC([2H])(CCNC([2H])([2H])[2H])c2ccccc2)c(C)c1[2H]. The summed E-state index contributed by atoms with van der Waals surface area (Å²) in [6.07, 6.45) is -1.78. The Morgan fingerprint density at radius 2 is 2.11 bits per heavy atom. The summed E-state index contributed by atoms with van der Waals surface area (Å²) in [4.78, 5) is 0. The summed E-state index contributed by atoms with van der Waals surface area (Å²) in [6, 6.07) is 7.09. The predicted molar refractivity (Wildman–Crippen MR) is 79.5 cm³/mol. The zero-order valence-electron chi connectivity index (χ0n) is 18.7. The molecule has 0 saturated heterocycles. The zero-order valence-corrected chi connectivity index (χ0v) is 10.7. The smallest absolute Gasteiger partial charge is 0.125 e. The van der Waals surface area contributed by atoms with Gasteiger partial charge in [-0.2, -0.15) is 0 Å². The molecule has 0 radical (unpaired) electrons. The number of ether oxygens (including phenoxy) is 1. The minimum Gasteiger partial charge on any atom is -0.485 e. The lowest BCUT2D eigenvalue weighted by molar-refractivity contribution is 0.193. The lowest BCUT2D eigenvalue weighted by Crippen LogP contribution is -2.16. The molecule has 0 spiro atoms. The fraction of sp³-hybridized carbons (Fsp3) is 0.294. The van der Waals surface area contributed by atoms with Crippen LogP contribution in [-0.2, 0) is 0 Å². The molecule has 1 atom stereocenters. The van der Waals surface area contributed by atoms with Crippen molar-refractivity contribution in [2.45, 2.75) is 19.4 Å². The second kappa shape index (κ2) is 6.95. The van der Waals surface area contributed by atoms with Gasteiger partial charge in [0.15, 0.2) is 0 Å². The van der Waals surface area contributed by atoms with Gasteiger partial charge in [-0.3, -0.25) is 0 Å². The Kier molecular flexibility index (Phi) is 2.41. The zero-order chi connectivity index (χ0) is 20.4. The van der Waals surface area contributed by atoms with Crippen molar-refractivity contribution < 1.29 is 15.7 Å². The van der Waals surface area contributed by atoms with Gasteiger partial charge in [0.2, 0.25) is 0 Å². The van der Waals surface area contributed by atoms with Gasteiger partial charge in [-0.05, 0) is 37.6 Å². The van der Waals surface area contributed by atoms with E-state index in [-0.39, 0.29) is 42.4 Å². The molecule has 19 heavy (non-hydrogen) atoms. The van der Waals surface area contributed by atoms with Crippen LogP contribution in [0.5, 0.6) is 5.75 Å². The van der Waals surface area contributed by atoms with Crippen molar-refractivity contribution in [3.8, 4) is 5.75 Å². The van der Waals surface area contributed by atoms with Gasteiger partial charge in [-0.15, -0.1) is 0 Å². The maximum absolute atomic E-state index is 8.80. The van der Waals surface area contributed by atoms with Crippen LogP contribution in [0.4, 0.5) is 0 Å². The van der Waals surface area contributed by atoms with E-state index in [9.17, 15) is 0 Å². The Balaban J connectivity index is 2.44. The molecule has 0 aliphatic rings. The van der Waals surface area contributed by atoms with Crippen molar-refractivity contribution in [3.05, 3.63) is 65.6 Å². The Bertz CT molecular complexity index is 780. The number of rotatable bonds is 6. The minimum atomic E-state index is -2.36. The first-order valence-electron chi connectivity index (χ1n) is 10.0. The van der Waals surface area contributed by atoms with Gasteiger partial charge in [0.25, 0.3) is 0 Å². The molecule has 0 aliphatic heterocycles. The number of benzene rings is 2. The maximum Gasteiger partial charge on any atom is 0.125 e. The van der Waals surface area contributed by atoms with E-state index in [1.54, 1.807) is 30.3 Å². The molecule has 0 bridgehead atoms. The van der Waals surface area contributed by atoms with E-state index in [2.05, 4.69) is 5.32 Å². The van der Waals surface area contributed by atoms with Crippen molar-refractivity contribution in [1.82, 2.24) is 5.32 Å². The third-order valence-electron chi connectivity index (χ3n) is 2.63. The second-order valence-electron chi connectivity index (χ2n) is 4.02. The molecule has 0 saturated carbocycles. The van der Waals surface area contributed by atoms with E-state index < -0.39 is 19.1 Å². The second-order valence-corrected chi connectivity index (χ2v) is 4.02. The highest BCUT2D eigenvalue weighted by Crippen LogP contribution is 2.26. The molecule has 2 rings (SSSR count). The third-order valence-corrected chi connectivity index (χ3v) is 2.63. The highest BCUT2D eigenvalue weighted by atomic mass is 16.5. The molecule has 0 aromatic heterocycles. The Labute approximate surface area is 126 Å². The summed E-state index contributed by atoms with van der Waals surface area (Å²) in [7, 11) is 0. The van der Waals surface area contributed by atoms with Crippen LogP contribution in [0.15, 0.2) is 54.5 Å². The maximum atomic E-state index is 8.80. The van der Waals surface area contributed by atoms with E-state index in [1.165, 1.54) is 6.92 Å². The van der Waals surface area contributed by atoms with Gasteiger partial charge in [0.05, 0.1) is 6.85 Å². The number of hydrogen-bond acceptors (Lipinski definition) is 2. The van der Waals surface area contributed by atoms with Gasteiger partial charge in [-0.25, -0.2) is 0 Å². The first kappa shape index (κ1) is 6.58. The summed E-state index contributed by atoms with van der Waals surface area (Å²) in [5.41, 5.74) is 0.640. The summed E-state index contributed by atoms with van der Waals surface area (Å²) in [5, 5.41) is 2.34. The standard InChI is InChI=1S/C17H21NO/c1-14-8-6-7-11-16(14)19-17(12-13-18-2)15-9-4-3-5-10-15/h3-11,17-18H,12-13H2,1-2H3/i2D3,6D,7D,8D,11D,17D. The molecule has 1 unspecified atom stereocenters. The van der Waals surface area contributed by atoms with E-state index in [4.69, 9.17) is 15.7 Å². The molecule has 2 aromatic carbocycles. The van der Waals surface area contributed by atoms with E-state index >= 15 is 0 Å². The van der Waals surface area contributed by atoms with Gasteiger partial charge >= 0.3 is 0 Å². The molecular formula is C17H21NO. The molecule has 2 heteroatoms. The summed E-state index contributed by atoms with van der Waals surface area (Å²) >= 11 is 0. The number of para-hydroxylation sites is 1. The van der Waals surface area contributed by atoms with Crippen LogP contribution in [0.3, 0.4) is 0 Å². The molecule has 1 N–H and O–H groups in total. The topological polar surface area (TPSA) is 21.3 Å². The number of hydrogen-bond donors (Lipinski definition) is 1. The first-order valence-corrected chi connectivity index (χ1v) is 6.03. The van der Waals surface area contributed by atoms with Crippen LogP contribution in [0.1, 0.15) is 34.6 Å². The molecule has 0 fully saturated rings. The van der Waals surface area contributed by atoms with Gasteiger partial charge in [0.1, 0.15) is 11.8 Å². The molecule has 0 aliphatic carbocycles. The Hall–Kier alpha value is -1.80. The molecular weight excluding hydrogens is 234 g/mol. The Morgan fingerprint density at radius 1 is 1.32 bits per heavy atom. The Morgan fingerprint density at radius 3 is 2.89 bits per heavy atom. The minimum absolute atomic E-state index is 0.0424. The first-order chi connectivity index (χ1) is 12.5.